The van der Waals surface area contributed by atoms with E-state index in [2.05, 4.69) is 11.7 Å². The van der Waals surface area contributed by atoms with Gasteiger partial charge in [-0.25, -0.2) is 0 Å². The number of piperidine rings is 1. The van der Waals surface area contributed by atoms with Crippen LogP contribution in [0.15, 0.2) is 12.2 Å². The Morgan fingerprint density at radius 3 is 2.88 bits per heavy atom. The van der Waals surface area contributed by atoms with Crippen molar-refractivity contribution in [3.05, 3.63) is 18.6 Å². The number of hydrogen-bond acceptors (Lipinski definition) is 3. The molecule has 0 spiro atoms. The van der Waals surface area contributed by atoms with E-state index < -0.39 is 0 Å². The summed E-state index contributed by atoms with van der Waals surface area (Å²) in [6, 6.07) is 0. The summed E-state index contributed by atoms with van der Waals surface area (Å²) in [6.45, 7) is 4.28. The van der Waals surface area contributed by atoms with E-state index in [1.165, 1.54) is 0 Å². The zero-order valence-corrected chi connectivity index (χ0v) is 10.1. The van der Waals surface area contributed by atoms with Crippen LogP contribution >= 0.6 is 0 Å². The van der Waals surface area contributed by atoms with Crippen LogP contribution in [0.5, 0.6) is 0 Å². The molecule has 0 aromatic heterocycles. The first kappa shape index (κ1) is 13.2. The first-order valence-corrected chi connectivity index (χ1v) is 5.77. The molecule has 1 radical (unpaired) electrons. The molecule has 4 heteroatoms. The lowest BCUT2D eigenvalue weighted by atomic mass is 10.1. The fourth-order valence-electron chi connectivity index (χ4n) is 1.55. The predicted molar refractivity (Wildman–Crippen MR) is 63.7 cm³/mol. The van der Waals surface area contributed by atoms with Gasteiger partial charge in [-0.1, -0.05) is 6.08 Å². The van der Waals surface area contributed by atoms with Gasteiger partial charge in [-0.3, -0.25) is 10.1 Å². The Balaban J connectivity index is 2.19. The van der Waals surface area contributed by atoms with Gasteiger partial charge in [-0.05, 0) is 26.2 Å². The summed E-state index contributed by atoms with van der Waals surface area (Å²) in [4.78, 5) is 13.6. The Morgan fingerprint density at radius 1 is 1.56 bits per heavy atom. The summed E-state index contributed by atoms with van der Waals surface area (Å²) in [5.41, 5.74) is 0. The van der Waals surface area contributed by atoms with Crippen molar-refractivity contribution in [3.63, 3.8) is 0 Å². The molecule has 1 N–H and O–H groups in total. The van der Waals surface area contributed by atoms with Gasteiger partial charge in [0.1, 0.15) is 6.23 Å². The second kappa shape index (κ2) is 7.41. The summed E-state index contributed by atoms with van der Waals surface area (Å²) >= 11 is 0. The van der Waals surface area contributed by atoms with Crippen molar-refractivity contribution in [2.24, 2.45) is 0 Å². The van der Waals surface area contributed by atoms with Crippen LogP contribution in [0, 0.1) is 6.42 Å². The molecule has 1 aliphatic rings. The Hall–Kier alpha value is -0.870. The maximum absolute atomic E-state index is 11.7. The molecule has 0 saturated carbocycles. The van der Waals surface area contributed by atoms with E-state index in [1.54, 1.807) is 13.2 Å². The van der Waals surface area contributed by atoms with Crippen LogP contribution in [0.1, 0.15) is 19.8 Å². The van der Waals surface area contributed by atoms with Crippen LogP contribution in [-0.4, -0.2) is 43.8 Å². The summed E-state index contributed by atoms with van der Waals surface area (Å²) in [5, 5.41) is 3.10. The average molecular weight is 225 g/mol. The maximum Gasteiger partial charge on any atom is 0.246 e. The fraction of sp³-hybridized carbons (Fsp3) is 0.667. The van der Waals surface area contributed by atoms with Gasteiger partial charge in [0.15, 0.2) is 0 Å². The van der Waals surface area contributed by atoms with E-state index in [1.807, 2.05) is 17.9 Å². The first-order chi connectivity index (χ1) is 7.74. The normalized spacial score (nSPS) is 19.0. The average Bonchev–Trinajstić information content (AvgIpc) is 2.35. The molecule has 0 aromatic rings. The van der Waals surface area contributed by atoms with Crippen molar-refractivity contribution in [1.29, 1.82) is 0 Å². The zero-order valence-electron chi connectivity index (χ0n) is 10.1. The van der Waals surface area contributed by atoms with Gasteiger partial charge in [-0.2, -0.15) is 0 Å². The highest BCUT2D eigenvalue weighted by Gasteiger charge is 2.13. The van der Waals surface area contributed by atoms with Crippen LogP contribution in [0.3, 0.4) is 0 Å². The van der Waals surface area contributed by atoms with Gasteiger partial charge >= 0.3 is 0 Å². The van der Waals surface area contributed by atoms with Gasteiger partial charge in [0.25, 0.3) is 0 Å². The minimum Gasteiger partial charge on any atom is -0.367 e. The number of hydrogen-bond donors (Lipinski definition) is 1. The second-order valence-corrected chi connectivity index (χ2v) is 3.88. The minimum absolute atomic E-state index is 0.0179. The highest BCUT2D eigenvalue weighted by Crippen LogP contribution is 2.07. The van der Waals surface area contributed by atoms with E-state index in [0.29, 0.717) is 6.54 Å². The third-order valence-electron chi connectivity index (χ3n) is 2.66. The van der Waals surface area contributed by atoms with Crippen LogP contribution < -0.4 is 5.32 Å². The van der Waals surface area contributed by atoms with Crippen molar-refractivity contribution < 1.29 is 9.53 Å². The van der Waals surface area contributed by atoms with Crippen molar-refractivity contribution in [2.75, 3.05) is 26.7 Å². The quantitative estimate of drug-likeness (QED) is 0.559. The number of amides is 1. The Bertz CT molecular complexity index is 235. The molecular weight excluding hydrogens is 204 g/mol. The topological polar surface area (TPSA) is 41.6 Å². The molecule has 1 saturated heterocycles. The van der Waals surface area contributed by atoms with Crippen LogP contribution in [0.2, 0.25) is 0 Å². The minimum atomic E-state index is 0.0179. The van der Waals surface area contributed by atoms with Gasteiger partial charge in [0, 0.05) is 32.8 Å². The van der Waals surface area contributed by atoms with Crippen LogP contribution in [0.25, 0.3) is 0 Å². The summed E-state index contributed by atoms with van der Waals surface area (Å²) in [7, 11) is 1.65. The number of ether oxygens (including phenoxy) is 1. The molecule has 0 aromatic carbocycles. The molecule has 1 atom stereocenters. The molecule has 4 nitrogen and oxygen atoms in total. The number of carbonyl (C=O) groups excluding carboxylic acids is 1. The van der Waals surface area contributed by atoms with Gasteiger partial charge in [-0.15, -0.1) is 0 Å². The number of nitrogens with one attached hydrogen (secondary N) is 1. The van der Waals surface area contributed by atoms with Crippen LogP contribution in [0.4, 0.5) is 0 Å². The van der Waals surface area contributed by atoms with Crippen LogP contribution in [-0.2, 0) is 9.53 Å². The number of likely N-dealkylation sites (tertiary alicyclic amines) is 1. The third kappa shape index (κ3) is 4.77. The predicted octanol–water partition coefficient (Wildman–Crippen LogP) is 0.951. The van der Waals surface area contributed by atoms with Crippen molar-refractivity contribution in [2.45, 2.75) is 26.0 Å². The summed E-state index contributed by atoms with van der Waals surface area (Å²) < 4.78 is 5.03. The zero-order chi connectivity index (χ0) is 11.8. The Kier molecular flexibility index (Phi) is 6.11. The first-order valence-electron chi connectivity index (χ1n) is 5.77. The lowest BCUT2D eigenvalue weighted by Gasteiger charge is -2.25. The molecule has 0 aliphatic carbocycles. The smallest absolute Gasteiger partial charge is 0.246 e. The van der Waals surface area contributed by atoms with Crippen molar-refractivity contribution in [3.8, 4) is 0 Å². The summed E-state index contributed by atoms with van der Waals surface area (Å²) in [6.07, 6.45) is 7.76. The van der Waals surface area contributed by atoms with E-state index in [-0.39, 0.29) is 12.1 Å². The molecule has 1 rings (SSSR count). The molecule has 1 unspecified atom stereocenters. The fourth-order valence-corrected chi connectivity index (χ4v) is 1.55. The van der Waals surface area contributed by atoms with E-state index in [4.69, 9.17) is 4.74 Å². The van der Waals surface area contributed by atoms with E-state index >= 15 is 0 Å². The van der Waals surface area contributed by atoms with E-state index in [0.717, 1.165) is 25.9 Å². The molecule has 0 bridgehead atoms. The molecule has 1 heterocycles. The number of carbonyl (C=O) groups is 1. The molecule has 1 fully saturated rings. The number of nitrogens with zero attached hydrogens (tertiary/aromatic N) is 1. The molecule has 91 valence electrons. The third-order valence-corrected chi connectivity index (χ3v) is 2.66. The SMILES string of the molecule is COC(C)NC/C=C/C(=O)N1CC[CH]CC1. The van der Waals surface area contributed by atoms with Gasteiger partial charge in [0.2, 0.25) is 5.91 Å². The number of methoxy groups -OCH3 is 1. The van der Waals surface area contributed by atoms with Gasteiger partial charge in [0.05, 0.1) is 0 Å². The van der Waals surface area contributed by atoms with Crippen molar-refractivity contribution in [1.82, 2.24) is 10.2 Å². The second-order valence-electron chi connectivity index (χ2n) is 3.88. The van der Waals surface area contributed by atoms with Crippen molar-refractivity contribution >= 4 is 5.91 Å². The highest BCUT2D eigenvalue weighted by molar-refractivity contribution is 5.87. The molecule has 1 aliphatic heterocycles. The molecule has 16 heavy (non-hydrogen) atoms. The lowest BCUT2D eigenvalue weighted by Crippen LogP contribution is -2.34. The monoisotopic (exact) mass is 225 g/mol. The Morgan fingerprint density at radius 2 is 2.25 bits per heavy atom. The Labute approximate surface area is 97.6 Å². The largest absolute Gasteiger partial charge is 0.367 e. The lowest BCUT2D eigenvalue weighted by molar-refractivity contribution is -0.126. The molecular formula is C12H21N2O2. The van der Waals surface area contributed by atoms with Gasteiger partial charge < -0.3 is 9.64 Å². The number of rotatable bonds is 5. The maximum atomic E-state index is 11.7. The highest BCUT2D eigenvalue weighted by atomic mass is 16.5. The molecule has 1 amide bonds. The van der Waals surface area contributed by atoms with E-state index in [9.17, 15) is 4.79 Å². The standard InChI is InChI=1S/C12H21N2O2/c1-11(16-2)13-8-6-7-12(15)14-9-4-3-5-10-14/h3,6-7,11,13H,4-5,8-10H2,1-2H3/b7-6+. The summed E-state index contributed by atoms with van der Waals surface area (Å²) in [5.74, 6) is 0.111.